The Morgan fingerprint density at radius 3 is 1.98 bits per heavy atom. The molecule has 0 fully saturated rings. The quantitative estimate of drug-likeness (QED) is 0.178. The van der Waals surface area contributed by atoms with Gasteiger partial charge in [-0.25, -0.2) is 0 Å². The van der Waals surface area contributed by atoms with E-state index in [1.807, 2.05) is 0 Å². The maximum absolute atomic E-state index is 6.56. The molecule has 2 heterocycles. The van der Waals surface area contributed by atoms with Crippen molar-refractivity contribution < 1.29 is 4.42 Å². The lowest BCUT2D eigenvalue weighted by Crippen LogP contribution is -1.93. The highest BCUT2D eigenvalue weighted by molar-refractivity contribution is 6.29. The van der Waals surface area contributed by atoms with Crippen molar-refractivity contribution in [2.45, 2.75) is 12.8 Å². The Hall–Kier alpha value is -6.12. The van der Waals surface area contributed by atoms with Crippen LogP contribution in [0.25, 0.3) is 99.0 Å². The molecule has 0 aliphatic heterocycles. The van der Waals surface area contributed by atoms with Gasteiger partial charge in [0.15, 0.2) is 0 Å². The van der Waals surface area contributed by atoms with Crippen LogP contribution in [-0.4, -0.2) is 4.57 Å². The van der Waals surface area contributed by atoms with Crippen LogP contribution in [0.15, 0.2) is 150 Å². The first-order chi connectivity index (χ1) is 23.8. The predicted octanol–water partition coefficient (Wildman–Crippen LogP) is 12.8. The minimum atomic E-state index is 0.949. The summed E-state index contributed by atoms with van der Waals surface area (Å²) >= 11 is 0. The summed E-state index contributed by atoms with van der Waals surface area (Å²) in [6.07, 6.45) is 6.76. The lowest BCUT2D eigenvalue weighted by atomic mass is 9.90. The fraction of sp³-hybridized carbons (Fsp3) is 0.0435. The summed E-state index contributed by atoms with van der Waals surface area (Å²) in [5.41, 5.74) is 10.7. The molecule has 0 N–H and O–H groups in total. The maximum Gasteiger partial charge on any atom is 0.136 e. The number of para-hydroxylation sites is 2. The van der Waals surface area contributed by atoms with Gasteiger partial charge in [-0.3, -0.25) is 0 Å². The Bertz CT molecular complexity index is 2990. The molecule has 0 saturated carbocycles. The second-order valence-electron chi connectivity index (χ2n) is 13.2. The summed E-state index contributed by atoms with van der Waals surface area (Å²) in [6.45, 7) is 0. The van der Waals surface area contributed by atoms with E-state index in [-0.39, 0.29) is 0 Å². The van der Waals surface area contributed by atoms with Gasteiger partial charge < -0.3 is 8.98 Å². The number of aryl methyl sites for hydroxylation is 1. The van der Waals surface area contributed by atoms with Crippen LogP contribution in [0.3, 0.4) is 0 Å². The number of benzene rings is 8. The molecule has 48 heavy (non-hydrogen) atoms. The molecule has 2 nitrogen and oxygen atoms in total. The van der Waals surface area contributed by atoms with Gasteiger partial charge in [-0.2, -0.15) is 0 Å². The van der Waals surface area contributed by atoms with Gasteiger partial charge in [0.05, 0.1) is 11.0 Å². The third-order valence-electron chi connectivity index (χ3n) is 10.6. The number of aromatic nitrogens is 1. The van der Waals surface area contributed by atoms with Crippen molar-refractivity contribution in [2.75, 3.05) is 0 Å². The van der Waals surface area contributed by atoms with Crippen molar-refractivity contribution in [3.63, 3.8) is 0 Å². The summed E-state index contributed by atoms with van der Waals surface area (Å²) in [6, 6.07) is 51.3. The Morgan fingerprint density at radius 1 is 0.458 bits per heavy atom. The highest BCUT2D eigenvalue weighted by Crippen LogP contribution is 2.43. The zero-order valence-corrected chi connectivity index (χ0v) is 26.2. The smallest absolute Gasteiger partial charge is 0.136 e. The largest absolute Gasteiger partial charge is 0.456 e. The lowest BCUT2D eigenvalue weighted by molar-refractivity contribution is 0.669. The van der Waals surface area contributed by atoms with Gasteiger partial charge in [-0.05, 0) is 116 Å². The Morgan fingerprint density at radius 2 is 1.12 bits per heavy atom. The Kier molecular flexibility index (Phi) is 5.25. The van der Waals surface area contributed by atoms with Crippen LogP contribution in [0, 0.1) is 0 Å². The van der Waals surface area contributed by atoms with Gasteiger partial charge in [-0.15, -0.1) is 0 Å². The lowest BCUT2D eigenvalue weighted by Gasteiger charge is -2.13. The summed E-state index contributed by atoms with van der Waals surface area (Å²) in [5, 5.41) is 12.5. The highest BCUT2D eigenvalue weighted by atomic mass is 16.3. The van der Waals surface area contributed by atoms with Crippen molar-refractivity contribution >= 4 is 82.1 Å². The maximum atomic E-state index is 6.56. The SMILES string of the molecule is C1=Cc2c(ccc3oc4cc5c6ccc(-c7ccc8c9ccccc9n(-c9ccccc9)c8c7)cc6c6ccccc6c5cc4c23)CC1. The predicted molar refractivity (Wildman–Crippen MR) is 203 cm³/mol. The van der Waals surface area contributed by atoms with Gasteiger partial charge in [0.1, 0.15) is 11.2 Å². The number of nitrogens with zero attached hydrogens (tertiary/aromatic N) is 1. The van der Waals surface area contributed by atoms with Crippen molar-refractivity contribution in [1.29, 1.82) is 0 Å². The van der Waals surface area contributed by atoms with E-state index in [9.17, 15) is 0 Å². The van der Waals surface area contributed by atoms with Crippen molar-refractivity contribution in [3.05, 3.63) is 157 Å². The molecule has 0 bridgehead atoms. The molecule has 8 aromatic carbocycles. The summed E-state index contributed by atoms with van der Waals surface area (Å²) in [5.74, 6) is 0. The second kappa shape index (κ2) is 9.70. The molecular formula is C46H29NO. The number of fused-ring (bicyclic) bond motifs is 14. The number of hydrogen-bond donors (Lipinski definition) is 0. The van der Waals surface area contributed by atoms with Gasteiger partial charge in [0.25, 0.3) is 0 Å². The third kappa shape index (κ3) is 3.57. The van der Waals surface area contributed by atoms with Crippen molar-refractivity contribution in [2.24, 2.45) is 0 Å². The number of furan rings is 1. The standard InChI is InChI=1S/C46H29NO/c1-2-11-31(12-3-1)47-42-17-9-8-16-36(42)37-22-19-30(25-43(37)47)29-18-21-35-38(24-29)33-14-6-7-15-34(33)39-26-41-45(27-40(35)39)48-44-23-20-28-10-4-5-13-32(28)46(41)44/h1-3,5-9,11-27H,4,10H2. The topological polar surface area (TPSA) is 18.1 Å². The summed E-state index contributed by atoms with van der Waals surface area (Å²) in [7, 11) is 0. The molecule has 10 aromatic rings. The van der Waals surface area contributed by atoms with E-state index in [0.717, 1.165) is 24.0 Å². The molecule has 0 radical (unpaired) electrons. The molecule has 2 aromatic heterocycles. The second-order valence-corrected chi connectivity index (χ2v) is 13.2. The zero-order valence-electron chi connectivity index (χ0n) is 26.2. The number of allylic oxidation sites excluding steroid dienone is 1. The van der Waals surface area contributed by atoms with Crippen LogP contribution in [0.1, 0.15) is 17.5 Å². The van der Waals surface area contributed by atoms with Crippen LogP contribution in [0.2, 0.25) is 0 Å². The van der Waals surface area contributed by atoms with Crippen molar-refractivity contribution in [3.8, 4) is 16.8 Å². The molecule has 1 aliphatic carbocycles. The van der Waals surface area contributed by atoms with E-state index in [1.165, 1.54) is 92.8 Å². The van der Waals surface area contributed by atoms with Gasteiger partial charge >= 0.3 is 0 Å². The van der Waals surface area contributed by atoms with E-state index < -0.39 is 0 Å². The summed E-state index contributed by atoms with van der Waals surface area (Å²) < 4.78 is 8.95. The molecule has 0 amide bonds. The zero-order chi connectivity index (χ0) is 31.3. The molecule has 0 saturated heterocycles. The molecule has 11 rings (SSSR count). The fourth-order valence-electron chi connectivity index (χ4n) is 8.42. The average Bonchev–Trinajstić information content (AvgIpc) is 3.69. The van der Waals surface area contributed by atoms with Crippen LogP contribution in [0.4, 0.5) is 0 Å². The van der Waals surface area contributed by atoms with E-state index >= 15 is 0 Å². The van der Waals surface area contributed by atoms with E-state index in [1.54, 1.807) is 0 Å². The average molecular weight is 612 g/mol. The van der Waals surface area contributed by atoms with Crippen LogP contribution < -0.4 is 0 Å². The molecular weight excluding hydrogens is 583 g/mol. The van der Waals surface area contributed by atoms with E-state index in [2.05, 4.69) is 156 Å². The van der Waals surface area contributed by atoms with Gasteiger partial charge in [0.2, 0.25) is 0 Å². The molecule has 0 spiro atoms. The minimum Gasteiger partial charge on any atom is -0.456 e. The number of rotatable bonds is 2. The molecule has 224 valence electrons. The molecule has 2 heteroatoms. The Labute approximate surface area is 276 Å². The van der Waals surface area contributed by atoms with Crippen LogP contribution in [0.5, 0.6) is 0 Å². The van der Waals surface area contributed by atoms with Crippen LogP contribution in [-0.2, 0) is 6.42 Å². The first kappa shape index (κ1) is 26.0. The first-order valence-corrected chi connectivity index (χ1v) is 16.8. The molecule has 0 atom stereocenters. The van der Waals surface area contributed by atoms with Gasteiger partial charge in [0, 0.05) is 27.2 Å². The van der Waals surface area contributed by atoms with E-state index in [4.69, 9.17) is 4.42 Å². The normalized spacial score (nSPS) is 13.2. The van der Waals surface area contributed by atoms with E-state index in [0.29, 0.717) is 0 Å². The van der Waals surface area contributed by atoms with Crippen LogP contribution >= 0.6 is 0 Å². The van der Waals surface area contributed by atoms with Gasteiger partial charge in [-0.1, -0.05) is 103 Å². The minimum absolute atomic E-state index is 0.949. The highest BCUT2D eigenvalue weighted by Gasteiger charge is 2.19. The number of hydrogen-bond acceptors (Lipinski definition) is 1. The molecule has 0 unspecified atom stereocenters. The molecule has 1 aliphatic rings. The first-order valence-electron chi connectivity index (χ1n) is 16.8. The Balaban J connectivity index is 1.17. The monoisotopic (exact) mass is 611 g/mol. The summed E-state index contributed by atoms with van der Waals surface area (Å²) in [4.78, 5) is 0. The van der Waals surface area contributed by atoms with Crippen molar-refractivity contribution in [1.82, 2.24) is 4.57 Å². The third-order valence-corrected chi connectivity index (χ3v) is 10.6. The fourth-order valence-corrected chi connectivity index (χ4v) is 8.42.